The predicted molar refractivity (Wildman–Crippen MR) is 62.5 cm³/mol. The van der Waals surface area contributed by atoms with Crippen molar-refractivity contribution in [2.24, 2.45) is 11.8 Å². The molecule has 94 valence electrons. The van der Waals surface area contributed by atoms with Gasteiger partial charge in [-0.25, -0.2) is 4.63 Å². The molecule has 0 bridgehead atoms. The van der Waals surface area contributed by atoms with Crippen LogP contribution in [0.3, 0.4) is 0 Å². The topological polar surface area (TPSA) is 68.0 Å². The zero-order chi connectivity index (χ0) is 12.3. The molecule has 17 heavy (non-hydrogen) atoms. The Labute approximate surface area is 101 Å². The molecule has 0 saturated heterocycles. The highest BCUT2D eigenvalue weighted by Gasteiger charge is 2.20. The standard InChI is InChI=1S/C12H19N3O2/c1-8-3-5-10(6-4-8)7-13-12(16)11-9(2)14-17-15-11/h8,10H,3-7H2,1-2H3,(H,13,16)/t8-,10-. The van der Waals surface area contributed by atoms with E-state index >= 15 is 0 Å². The first-order chi connectivity index (χ1) is 8.16. The van der Waals surface area contributed by atoms with E-state index in [1.54, 1.807) is 6.92 Å². The van der Waals surface area contributed by atoms with Crippen molar-refractivity contribution in [3.8, 4) is 0 Å². The minimum absolute atomic E-state index is 0.178. The molecule has 0 aliphatic heterocycles. The van der Waals surface area contributed by atoms with Gasteiger partial charge in [0, 0.05) is 6.54 Å². The van der Waals surface area contributed by atoms with Crippen LogP contribution in [0, 0.1) is 18.8 Å². The average molecular weight is 237 g/mol. The Bertz CT molecular complexity index is 381. The van der Waals surface area contributed by atoms with E-state index in [1.807, 2.05) is 0 Å². The Morgan fingerprint density at radius 2 is 2.06 bits per heavy atom. The molecule has 1 N–H and O–H groups in total. The first-order valence-electron chi connectivity index (χ1n) is 6.24. The second-order valence-electron chi connectivity index (χ2n) is 5.03. The third kappa shape index (κ3) is 3.05. The fourth-order valence-electron chi connectivity index (χ4n) is 2.29. The van der Waals surface area contributed by atoms with E-state index in [1.165, 1.54) is 25.7 Å². The normalized spacial score (nSPS) is 24.6. The summed E-state index contributed by atoms with van der Waals surface area (Å²) < 4.78 is 4.51. The number of carbonyl (C=O) groups excluding carboxylic acids is 1. The number of carbonyl (C=O) groups is 1. The van der Waals surface area contributed by atoms with Crippen LogP contribution in [0.1, 0.15) is 48.8 Å². The van der Waals surface area contributed by atoms with Crippen molar-refractivity contribution >= 4 is 5.91 Å². The van der Waals surface area contributed by atoms with E-state index in [-0.39, 0.29) is 5.91 Å². The van der Waals surface area contributed by atoms with E-state index < -0.39 is 0 Å². The summed E-state index contributed by atoms with van der Waals surface area (Å²) in [5.41, 5.74) is 0.842. The summed E-state index contributed by atoms with van der Waals surface area (Å²) in [7, 11) is 0. The van der Waals surface area contributed by atoms with Crippen molar-refractivity contribution in [2.45, 2.75) is 39.5 Å². The first kappa shape index (κ1) is 12.1. The molecule has 0 aromatic carbocycles. The van der Waals surface area contributed by atoms with Crippen molar-refractivity contribution in [2.75, 3.05) is 6.54 Å². The van der Waals surface area contributed by atoms with Crippen molar-refractivity contribution in [1.29, 1.82) is 0 Å². The molecule has 1 fully saturated rings. The fourth-order valence-corrected chi connectivity index (χ4v) is 2.29. The van der Waals surface area contributed by atoms with Crippen LogP contribution in [0.2, 0.25) is 0 Å². The van der Waals surface area contributed by atoms with Gasteiger partial charge >= 0.3 is 0 Å². The van der Waals surface area contributed by atoms with Crippen molar-refractivity contribution in [1.82, 2.24) is 15.6 Å². The molecule has 1 aliphatic rings. The lowest BCUT2D eigenvalue weighted by Gasteiger charge is -2.26. The van der Waals surface area contributed by atoms with Crippen molar-refractivity contribution in [3.63, 3.8) is 0 Å². The van der Waals surface area contributed by atoms with E-state index in [0.29, 0.717) is 17.3 Å². The Balaban J connectivity index is 1.79. The zero-order valence-corrected chi connectivity index (χ0v) is 10.4. The molecule has 5 heteroatoms. The minimum Gasteiger partial charge on any atom is -0.350 e. The molecule has 0 atom stereocenters. The van der Waals surface area contributed by atoms with Crippen LogP contribution in [0.15, 0.2) is 4.63 Å². The molecule has 1 amide bonds. The number of nitrogens with zero attached hydrogens (tertiary/aromatic N) is 2. The Morgan fingerprint density at radius 3 is 2.65 bits per heavy atom. The number of hydrogen-bond acceptors (Lipinski definition) is 4. The van der Waals surface area contributed by atoms with Gasteiger partial charge in [0.25, 0.3) is 5.91 Å². The third-order valence-corrected chi connectivity index (χ3v) is 3.55. The SMILES string of the molecule is Cc1nonc1C(=O)NC[C@H]1CC[C@H](C)CC1. The highest BCUT2D eigenvalue weighted by molar-refractivity contribution is 5.92. The largest absolute Gasteiger partial charge is 0.350 e. The number of nitrogens with one attached hydrogen (secondary N) is 1. The quantitative estimate of drug-likeness (QED) is 0.872. The van der Waals surface area contributed by atoms with Crippen LogP contribution in [0.5, 0.6) is 0 Å². The van der Waals surface area contributed by atoms with Gasteiger partial charge in [0.15, 0.2) is 5.69 Å². The van der Waals surface area contributed by atoms with E-state index in [4.69, 9.17) is 0 Å². The fraction of sp³-hybridized carbons (Fsp3) is 0.750. The maximum absolute atomic E-state index is 11.8. The van der Waals surface area contributed by atoms with Crippen LogP contribution >= 0.6 is 0 Å². The highest BCUT2D eigenvalue weighted by atomic mass is 16.6. The van der Waals surface area contributed by atoms with Gasteiger partial charge in [0.2, 0.25) is 0 Å². The molecule has 0 unspecified atom stereocenters. The number of hydrogen-bond donors (Lipinski definition) is 1. The lowest BCUT2D eigenvalue weighted by atomic mass is 9.83. The molecular formula is C12H19N3O2. The van der Waals surface area contributed by atoms with Crippen molar-refractivity contribution in [3.05, 3.63) is 11.4 Å². The Hall–Kier alpha value is -1.39. The van der Waals surface area contributed by atoms with Gasteiger partial charge in [0.1, 0.15) is 5.69 Å². The third-order valence-electron chi connectivity index (χ3n) is 3.55. The second-order valence-corrected chi connectivity index (χ2v) is 5.03. The summed E-state index contributed by atoms with van der Waals surface area (Å²) in [5, 5.41) is 10.1. The predicted octanol–water partition coefficient (Wildman–Crippen LogP) is 1.93. The van der Waals surface area contributed by atoms with E-state index in [0.717, 1.165) is 12.5 Å². The molecule has 1 aliphatic carbocycles. The van der Waals surface area contributed by atoms with Crippen LogP contribution < -0.4 is 5.32 Å². The maximum Gasteiger partial charge on any atom is 0.275 e. The van der Waals surface area contributed by atoms with Gasteiger partial charge in [-0.1, -0.05) is 24.9 Å². The minimum atomic E-state index is -0.178. The average Bonchev–Trinajstić information content (AvgIpc) is 2.74. The van der Waals surface area contributed by atoms with Gasteiger partial charge in [-0.3, -0.25) is 4.79 Å². The summed E-state index contributed by atoms with van der Waals surface area (Å²) in [5.74, 6) is 1.27. The molecule has 1 saturated carbocycles. The molecule has 5 nitrogen and oxygen atoms in total. The molecule has 0 spiro atoms. The summed E-state index contributed by atoms with van der Waals surface area (Å²) in [4.78, 5) is 11.8. The maximum atomic E-state index is 11.8. The van der Waals surface area contributed by atoms with E-state index in [2.05, 4.69) is 27.2 Å². The first-order valence-corrected chi connectivity index (χ1v) is 6.24. The molecule has 1 aromatic heterocycles. The molecule has 2 rings (SSSR count). The Kier molecular flexibility index (Phi) is 3.76. The van der Waals surface area contributed by atoms with Gasteiger partial charge < -0.3 is 5.32 Å². The number of rotatable bonds is 3. The molecule has 1 aromatic rings. The van der Waals surface area contributed by atoms with E-state index in [9.17, 15) is 4.79 Å². The summed E-state index contributed by atoms with van der Waals surface area (Å²) in [6.45, 7) is 4.74. The molecule has 0 radical (unpaired) electrons. The smallest absolute Gasteiger partial charge is 0.275 e. The summed E-state index contributed by atoms with van der Waals surface area (Å²) in [6, 6.07) is 0. The monoisotopic (exact) mass is 237 g/mol. The van der Waals surface area contributed by atoms with Crippen LogP contribution in [0.4, 0.5) is 0 Å². The summed E-state index contributed by atoms with van der Waals surface area (Å²) >= 11 is 0. The molecular weight excluding hydrogens is 218 g/mol. The van der Waals surface area contributed by atoms with Crippen LogP contribution in [-0.4, -0.2) is 22.8 Å². The Morgan fingerprint density at radius 1 is 1.35 bits per heavy atom. The highest BCUT2D eigenvalue weighted by Crippen LogP contribution is 2.27. The number of aryl methyl sites for hydroxylation is 1. The van der Waals surface area contributed by atoms with Gasteiger partial charge in [0.05, 0.1) is 0 Å². The zero-order valence-electron chi connectivity index (χ0n) is 10.4. The lowest BCUT2D eigenvalue weighted by Crippen LogP contribution is -2.31. The second kappa shape index (κ2) is 5.29. The van der Waals surface area contributed by atoms with Crippen LogP contribution in [-0.2, 0) is 0 Å². The summed E-state index contributed by atoms with van der Waals surface area (Å²) in [6.07, 6.45) is 4.95. The van der Waals surface area contributed by atoms with Gasteiger partial charge in [-0.2, -0.15) is 0 Å². The number of amides is 1. The molecule has 1 heterocycles. The van der Waals surface area contributed by atoms with Crippen molar-refractivity contribution < 1.29 is 9.42 Å². The lowest BCUT2D eigenvalue weighted by molar-refractivity contribution is 0.0931. The van der Waals surface area contributed by atoms with Gasteiger partial charge in [-0.05, 0) is 36.8 Å². The van der Waals surface area contributed by atoms with Crippen LogP contribution in [0.25, 0.3) is 0 Å². The van der Waals surface area contributed by atoms with Gasteiger partial charge in [-0.15, -0.1) is 0 Å². The number of aromatic nitrogens is 2.